The van der Waals surface area contributed by atoms with E-state index in [0.717, 1.165) is 19.4 Å². The van der Waals surface area contributed by atoms with Crippen molar-refractivity contribution in [1.29, 1.82) is 0 Å². The molecule has 112 valence electrons. The van der Waals surface area contributed by atoms with E-state index >= 15 is 0 Å². The highest BCUT2D eigenvalue weighted by Gasteiger charge is 2.09. The molecule has 0 aromatic carbocycles. The number of carbonyl (C=O) groups is 1. The van der Waals surface area contributed by atoms with Crippen molar-refractivity contribution in [3.63, 3.8) is 0 Å². The minimum absolute atomic E-state index is 0.277. The van der Waals surface area contributed by atoms with Crippen LogP contribution in [0.15, 0.2) is 12.2 Å². The Kier molecular flexibility index (Phi) is 13.3. The molecule has 0 spiro atoms. The lowest BCUT2D eigenvalue weighted by Crippen LogP contribution is -2.18. The summed E-state index contributed by atoms with van der Waals surface area (Å²) in [7, 11) is 0. The number of aliphatic hydroxyl groups is 1. The molecule has 1 aliphatic heterocycles. The molecule has 1 heterocycles. The molecule has 1 fully saturated rings. The summed E-state index contributed by atoms with van der Waals surface area (Å²) in [6.45, 7) is 5.31. The van der Waals surface area contributed by atoms with E-state index in [1.54, 1.807) is 6.92 Å². The molecule has 0 saturated carbocycles. The molecule has 1 unspecified atom stereocenters. The van der Waals surface area contributed by atoms with Gasteiger partial charge in [-0.25, -0.2) is 0 Å². The first-order chi connectivity index (χ1) is 9.20. The van der Waals surface area contributed by atoms with Gasteiger partial charge in [0.2, 0.25) is 0 Å². The van der Waals surface area contributed by atoms with E-state index in [-0.39, 0.29) is 5.78 Å². The summed E-state index contributed by atoms with van der Waals surface area (Å²) in [4.78, 5) is 10.6. The number of rotatable bonds is 8. The molecule has 0 radical (unpaired) electrons. The van der Waals surface area contributed by atoms with E-state index in [9.17, 15) is 4.79 Å². The topological polar surface area (TPSA) is 49.3 Å². The maximum atomic E-state index is 10.6. The lowest BCUT2D eigenvalue weighted by Gasteiger charge is -2.01. The first kappa shape index (κ1) is 18.3. The molecule has 1 saturated heterocycles. The van der Waals surface area contributed by atoms with Gasteiger partial charge in [0.15, 0.2) is 0 Å². The largest absolute Gasteiger partial charge is 0.396 e. The normalized spacial score (nSPS) is 18.4. The van der Waals surface area contributed by atoms with Gasteiger partial charge in [0, 0.05) is 19.1 Å². The Morgan fingerprint density at radius 3 is 2.68 bits per heavy atom. The number of carbonyl (C=O) groups excluding carboxylic acids is 1. The Balaban J connectivity index is 0.000000399. The van der Waals surface area contributed by atoms with Gasteiger partial charge in [-0.15, -0.1) is 0 Å². The molecule has 2 N–H and O–H groups in total. The molecule has 0 bridgehead atoms. The third kappa shape index (κ3) is 13.6. The highest BCUT2D eigenvalue weighted by atomic mass is 16.2. The van der Waals surface area contributed by atoms with Crippen molar-refractivity contribution in [2.45, 2.75) is 71.3 Å². The number of ketones is 1. The Morgan fingerprint density at radius 1 is 1.37 bits per heavy atom. The van der Waals surface area contributed by atoms with Crippen LogP contribution in [0.2, 0.25) is 0 Å². The third-order valence-corrected chi connectivity index (χ3v) is 3.14. The van der Waals surface area contributed by atoms with E-state index in [1.165, 1.54) is 32.1 Å². The second-order valence-electron chi connectivity index (χ2n) is 5.16. The third-order valence-electron chi connectivity index (χ3n) is 3.14. The maximum absolute atomic E-state index is 10.6. The summed E-state index contributed by atoms with van der Waals surface area (Å²) in [6, 6.07) is 0.567. The summed E-state index contributed by atoms with van der Waals surface area (Å²) >= 11 is 0. The predicted molar refractivity (Wildman–Crippen MR) is 81.3 cm³/mol. The van der Waals surface area contributed by atoms with Gasteiger partial charge in [-0.05, 0) is 39.2 Å². The molecule has 3 nitrogen and oxygen atoms in total. The summed E-state index contributed by atoms with van der Waals surface area (Å²) in [5, 5.41) is 11.7. The second kappa shape index (κ2) is 13.8. The van der Waals surface area contributed by atoms with Crippen LogP contribution in [0.25, 0.3) is 0 Å². The van der Waals surface area contributed by atoms with Gasteiger partial charge in [-0.2, -0.15) is 0 Å². The Morgan fingerprint density at radius 2 is 2.16 bits per heavy atom. The quantitative estimate of drug-likeness (QED) is 0.525. The fourth-order valence-corrected chi connectivity index (χ4v) is 1.96. The first-order valence-corrected chi connectivity index (χ1v) is 7.71. The molecule has 0 aliphatic carbocycles. The molecule has 19 heavy (non-hydrogen) atoms. The molecular formula is C16H31NO2. The summed E-state index contributed by atoms with van der Waals surface area (Å²) < 4.78 is 0. The van der Waals surface area contributed by atoms with Crippen molar-refractivity contribution in [1.82, 2.24) is 5.32 Å². The second-order valence-corrected chi connectivity index (χ2v) is 5.16. The molecule has 1 atom stereocenters. The lowest BCUT2D eigenvalue weighted by atomic mass is 10.1. The number of unbranched alkanes of at least 4 members (excludes halogenated alkanes) is 3. The summed E-state index contributed by atoms with van der Waals surface area (Å²) in [5.74, 6) is 0.277. The van der Waals surface area contributed by atoms with Gasteiger partial charge < -0.3 is 15.2 Å². The lowest BCUT2D eigenvalue weighted by molar-refractivity contribution is -0.116. The van der Waals surface area contributed by atoms with E-state index in [1.807, 2.05) is 0 Å². The fraction of sp³-hybridized carbons (Fsp3) is 0.812. The number of Topliss-reactive ketones (excluding diaryl/α,β-unsaturated/α-hetero) is 1. The van der Waals surface area contributed by atoms with E-state index in [4.69, 9.17) is 5.11 Å². The van der Waals surface area contributed by atoms with Crippen molar-refractivity contribution in [2.24, 2.45) is 0 Å². The Labute approximate surface area is 118 Å². The smallest absolute Gasteiger partial charge is 0.130 e. The van der Waals surface area contributed by atoms with Gasteiger partial charge in [-0.3, -0.25) is 0 Å². The Hall–Kier alpha value is -0.670. The van der Waals surface area contributed by atoms with Crippen molar-refractivity contribution in [3.8, 4) is 0 Å². The van der Waals surface area contributed by atoms with Crippen LogP contribution in [0.3, 0.4) is 0 Å². The van der Waals surface area contributed by atoms with E-state index in [2.05, 4.69) is 24.4 Å². The molecule has 0 aromatic rings. The van der Waals surface area contributed by atoms with Crippen molar-refractivity contribution in [2.75, 3.05) is 13.2 Å². The zero-order chi connectivity index (χ0) is 14.3. The first-order valence-electron chi connectivity index (χ1n) is 7.71. The number of hydrogen-bond donors (Lipinski definition) is 2. The molecule has 0 amide bonds. The van der Waals surface area contributed by atoms with Gasteiger partial charge in [-0.1, -0.05) is 38.3 Å². The predicted octanol–water partition coefficient (Wildman–Crippen LogP) is 3.22. The molecule has 1 aliphatic rings. The van der Waals surface area contributed by atoms with Crippen molar-refractivity contribution < 1.29 is 9.90 Å². The SMILES string of the molecule is CC(=O)CC/C=C\C1CCCN1.CCCCCCO. The van der Waals surface area contributed by atoms with E-state index in [0.29, 0.717) is 19.1 Å². The molecular weight excluding hydrogens is 238 g/mol. The number of nitrogens with one attached hydrogen (secondary N) is 1. The fourth-order valence-electron chi connectivity index (χ4n) is 1.96. The standard InChI is InChI=1S/C10H17NO.C6H14O/c1-9(12)5-2-3-6-10-7-4-8-11-10;1-2-3-4-5-6-7/h3,6,10-11H,2,4-5,7-8H2,1H3;7H,2-6H2,1H3/b6-3-;. The highest BCUT2D eigenvalue weighted by molar-refractivity contribution is 5.75. The minimum Gasteiger partial charge on any atom is -0.396 e. The van der Waals surface area contributed by atoms with Crippen LogP contribution in [-0.2, 0) is 4.79 Å². The number of hydrogen-bond acceptors (Lipinski definition) is 3. The number of aliphatic hydroxyl groups excluding tert-OH is 1. The minimum atomic E-state index is 0.277. The van der Waals surface area contributed by atoms with Gasteiger partial charge in [0.1, 0.15) is 5.78 Å². The Bertz CT molecular complexity index is 229. The monoisotopic (exact) mass is 269 g/mol. The highest BCUT2D eigenvalue weighted by Crippen LogP contribution is 2.06. The summed E-state index contributed by atoms with van der Waals surface area (Å²) in [5.41, 5.74) is 0. The zero-order valence-corrected chi connectivity index (χ0v) is 12.7. The van der Waals surface area contributed by atoms with Crippen LogP contribution in [0.5, 0.6) is 0 Å². The van der Waals surface area contributed by atoms with Gasteiger partial charge in [0.05, 0.1) is 0 Å². The van der Waals surface area contributed by atoms with Crippen LogP contribution in [0.1, 0.15) is 65.2 Å². The maximum Gasteiger partial charge on any atom is 0.130 e. The van der Waals surface area contributed by atoms with E-state index < -0.39 is 0 Å². The van der Waals surface area contributed by atoms with Crippen LogP contribution in [0, 0.1) is 0 Å². The van der Waals surface area contributed by atoms with Crippen molar-refractivity contribution >= 4 is 5.78 Å². The zero-order valence-electron chi connectivity index (χ0n) is 12.7. The van der Waals surface area contributed by atoms with Crippen LogP contribution in [0.4, 0.5) is 0 Å². The van der Waals surface area contributed by atoms with Crippen LogP contribution < -0.4 is 5.32 Å². The van der Waals surface area contributed by atoms with Crippen molar-refractivity contribution in [3.05, 3.63) is 12.2 Å². The van der Waals surface area contributed by atoms with Crippen LogP contribution in [-0.4, -0.2) is 30.1 Å². The van der Waals surface area contributed by atoms with Gasteiger partial charge >= 0.3 is 0 Å². The molecule has 3 heteroatoms. The molecule has 1 rings (SSSR count). The average molecular weight is 269 g/mol. The number of allylic oxidation sites excluding steroid dienone is 1. The summed E-state index contributed by atoms with van der Waals surface area (Å²) in [6.07, 6.45) is 13.1. The molecule has 0 aromatic heterocycles. The van der Waals surface area contributed by atoms with Crippen LogP contribution >= 0.6 is 0 Å². The van der Waals surface area contributed by atoms with Gasteiger partial charge in [0.25, 0.3) is 0 Å². The average Bonchev–Trinajstić information content (AvgIpc) is 2.89.